The fourth-order valence-corrected chi connectivity index (χ4v) is 3.00. The second kappa shape index (κ2) is 5.99. The highest BCUT2D eigenvalue weighted by atomic mass is 32.3. The number of benzene rings is 1. The van der Waals surface area contributed by atoms with E-state index in [1.165, 1.54) is 38.4 Å². The number of hydrogen-bond acceptors (Lipinski definition) is 6. The Kier molecular flexibility index (Phi) is 4.45. The van der Waals surface area contributed by atoms with Crippen molar-refractivity contribution in [2.45, 2.75) is 11.7 Å². The number of ether oxygens (including phenoxy) is 3. The van der Waals surface area contributed by atoms with Gasteiger partial charge in [0, 0.05) is 25.1 Å². The normalized spacial score (nSPS) is 18.5. The van der Waals surface area contributed by atoms with E-state index in [1.54, 1.807) is 0 Å². The molecule has 2 rings (SSSR count). The third kappa shape index (κ3) is 2.94. The van der Waals surface area contributed by atoms with Crippen LogP contribution in [0.3, 0.4) is 0 Å². The quantitative estimate of drug-likeness (QED) is 0.751. The lowest BCUT2D eigenvalue weighted by Crippen LogP contribution is -2.27. The summed E-state index contributed by atoms with van der Waals surface area (Å²) in [6.07, 6.45) is -0.393. The van der Waals surface area contributed by atoms with Crippen LogP contribution in [0.25, 0.3) is 0 Å². The molecule has 1 atom stereocenters. The number of carbonyl (C=O) groups excluding carboxylic acids is 1. The summed E-state index contributed by atoms with van der Waals surface area (Å²) in [5.41, 5.74) is 0.352. The standard InChI is InChI=1S/C13H16FNO6S/c1-19-10-4-8(5-11(20-2)13(10)21-3)15-7-9(6-12(15)16)22(14,17)18/h4-5,9H,6-7H2,1-3H3. The van der Waals surface area contributed by atoms with Gasteiger partial charge in [0.25, 0.3) is 0 Å². The van der Waals surface area contributed by atoms with Crippen molar-refractivity contribution in [1.29, 1.82) is 0 Å². The molecule has 1 unspecified atom stereocenters. The van der Waals surface area contributed by atoms with E-state index >= 15 is 0 Å². The molecule has 0 aromatic heterocycles. The first-order chi connectivity index (χ1) is 10.3. The van der Waals surface area contributed by atoms with Crippen molar-refractivity contribution in [3.63, 3.8) is 0 Å². The highest BCUT2D eigenvalue weighted by Crippen LogP contribution is 2.42. The number of amides is 1. The molecule has 122 valence electrons. The van der Waals surface area contributed by atoms with Gasteiger partial charge in [-0.05, 0) is 0 Å². The molecule has 7 nitrogen and oxygen atoms in total. The number of carbonyl (C=O) groups is 1. The molecule has 1 aliphatic rings. The maximum atomic E-state index is 13.1. The first-order valence-electron chi connectivity index (χ1n) is 6.35. The number of hydrogen-bond donors (Lipinski definition) is 0. The van der Waals surface area contributed by atoms with Gasteiger partial charge in [-0.15, -0.1) is 3.89 Å². The zero-order valence-electron chi connectivity index (χ0n) is 12.3. The maximum Gasteiger partial charge on any atom is 0.307 e. The summed E-state index contributed by atoms with van der Waals surface area (Å²) in [4.78, 5) is 13.2. The van der Waals surface area contributed by atoms with Crippen molar-refractivity contribution in [3.8, 4) is 17.2 Å². The summed E-state index contributed by atoms with van der Waals surface area (Å²) >= 11 is 0. The van der Waals surface area contributed by atoms with Gasteiger partial charge in [0.15, 0.2) is 11.5 Å². The molecule has 1 aromatic carbocycles. The van der Waals surface area contributed by atoms with Gasteiger partial charge in [-0.25, -0.2) is 0 Å². The molecule has 1 saturated heterocycles. The van der Waals surface area contributed by atoms with Gasteiger partial charge in [0.2, 0.25) is 11.7 Å². The third-order valence-electron chi connectivity index (χ3n) is 3.45. The van der Waals surface area contributed by atoms with Gasteiger partial charge < -0.3 is 19.1 Å². The zero-order valence-corrected chi connectivity index (χ0v) is 13.1. The molecule has 0 N–H and O–H groups in total. The molecule has 9 heteroatoms. The van der Waals surface area contributed by atoms with E-state index in [9.17, 15) is 17.1 Å². The molecule has 1 fully saturated rings. The lowest BCUT2D eigenvalue weighted by molar-refractivity contribution is -0.117. The van der Waals surface area contributed by atoms with Crippen molar-refractivity contribution < 1.29 is 31.3 Å². The van der Waals surface area contributed by atoms with Gasteiger partial charge in [-0.1, -0.05) is 0 Å². The highest BCUT2D eigenvalue weighted by Gasteiger charge is 2.39. The molecule has 0 radical (unpaired) electrons. The van der Waals surface area contributed by atoms with Crippen LogP contribution in [-0.4, -0.2) is 47.4 Å². The predicted molar refractivity (Wildman–Crippen MR) is 76.9 cm³/mol. The Labute approximate surface area is 127 Å². The van der Waals surface area contributed by atoms with E-state index in [0.29, 0.717) is 22.9 Å². The Balaban J connectivity index is 2.43. The van der Waals surface area contributed by atoms with Gasteiger partial charge in [-0.3, -0.25) is 4.79 Å². The Morgan fingerprint density at radius 2 is 1.68 bits per heavy atom. The van der Waals surface area contributed by atoms with Gasteiger partial charge in [0.1, 0.15) is 5.25 Å². The van der Waals surface area contributed by atoms with E-state index in [0.717, 1.165) is 0 Å². The fraction of sp³-hybridized carbons (Fsp3) is 0.462. The van der Waals surface area contributed by atoms with Crippen molar-refractivity contribution in [3.05, 3.63) is 12.1 Å². The molecule has 1 aromatic rings. The Hall–Kier alpha value is -2.03. The van der Waals surface area contributed by atoms with Crippen LogP contribution in [0.1, 0.15) is 6.42 Å². The molecular formula is C13H16FNO6S. The van der Waals surface area contributed by atoms with Crippen molar-refractivity contribution in [2.75, 3.05) is 32.8 Å². The van der Waals surface area contributed by atoms with Crippen LogP contribution < -0.4 is 19.1 Å². The Morgan fingerprint density at radius 1 is 1.14 bits per heavy atom. The zero-order chi connectivity index (χ0) is 16.5. The monoisotopic (exact) mass is 333 g/mol. The molecule has 0 saturated carbocycles. The summed E-state index contributed by atoms with van der Waals surface area (Å²) in [6, 6.07) is 3.01. The first kappa shape index (κ1) is 16.3. The molecular weight excluding hydrogens is 317 g/mol. The molecule has 0 aliphatic carbocycles. The predicted octanol–water partition coefficient (Wildman–Crippen LogP) is 1.12. The van der Waals surface area contributed by atoms with Crippen LogP contribution in [-0.2, 0) is 15.0 Å². The second-order valence-electron chi connectivity index (χ2n) is 4.69. The van der Waals surface area contributed by atoms with Crippen LogP contribution in [0, 0.1) is 0 Å². The number of methoxy groups -OCH3 is 3. The molecule has 1 heterocycles. The minimum Gasteiger partial charge on any atom is -0.493 e. The van der Waals surface area contributed by atoms with Crippen LogP contribution in [0.2, 0.25) is 0 Å². The molecule has 0 spiro atoms. The van der Waals surface area contributed by atoms with E-state index in [4.69, 9.17) is 14.2 Å². The van der Waals surface area contributed by atoms with Crippen molar-refractivity contribution in [1.82, 2.24) is 0 Å². The Bertz CT molecular complexity index is 665. The average Bonchev–Trinajstić information content (AvgIpc) is 2.87. The fourth-order valence-electron chi connectivity index (χ4n) is 2.34. The molecule has 1 amide bonds. The van der Waals surface area contributed by atoms with Gasteiger partial charge >= 0.3 is 10.2 Å². The van der Waals surface area contributed by atoms with E-state index in [1.807, 2.05) is 0 Å². The van der Waals surface area contributed by atoms with E-state index in [-0.39, 0.29) is 6.54 Å². The summed E-state index contributed by atoms with van der Waals surface area (Å²) in [5.74, 6) is 0.489. The average molecular weight is 333 g/mol. The number of nitrogens with zero attached hydrogens (tertiary/aromatic N) is 1. The maximum absolute atomic E-state index is 13.1. The molecule has 22 heavy (non-hydrogen) atoms. The SMILES string of the molecule is COc1cc(N2CC(S(=O)(=O)F)CC2=O)cc(OC)c1OC. The number of halogens is 1. The topological polar surface area (TPSA) is 82.1 Å². The number of rotatable bonds is 5. The summed E-state index contributed by atoms with van der Waals surface area (Å²) < 4.78 is 50.6. The molecule has 0 bridgehead atoms. The third-order valence-corrected chi connectivity index (χ3v) is 4.56. The summed E-state index contributed by atoms with van der Waals surface area (Å²) in [6.45, 7) is -0.254. The largest absolute Gasteiger partial charge is 0.493 e. The summed E-state index contributed by atoms with van der Waals surface area (Å²) in [5, 5.41) is -1.36. The number of anilines is 1. The van der Waals surface area contributed by atoms with Crippen molar-refractivity contribution in [2.24, 2.45) is 0 Å². The molecule has 1 aliphatic heterocycles. The second-order valence-corrected chi connectivity index (χ2v) is 6.31. The van der Waals surface area contributed by atoms with E-state index < -0.39 is 27.8 Å². The van der Waals surface area contributed by atoms with Crippen LogP contribution in [0.4, 0.5) is 9.57 Å². The van der Waals surface area contributed by atoms with Crippen molar-refractivity contribution >= 4 is 21.8 Å². The minimum absolute atomic E-state index is 0.254. The minimum atomic E-state index is -4.77. The van der Waals surface area contributed by atoms with Crippen LogP contribution in [0.5, 0.6) is 17.2 Å². The summed E-state index contributed by atoms with van der Waals surface area (Å²) in [7, 11) is -0.496. The van der Waals surface area contributed by atoms with Gasteiger partial charge in [0.05, 0.1) is 27.0 Å². The highest BCUT2D eigenvalue weighted by molar-refractivity contribution is 7.87. The smallest absolute Gasteiger partial charge is 0.307 e. The van der Waals surface area contributed by atoms with Gasteiger partial charge in [-0.2, -0.15) is 8.42 Å². The van der Waals surface area contributed by atoms with E-state index in [2.05, 4.69) is 0 Å². The first-order valence-corrected chi connectivity index (χ1v) is 7.80. The van der Waals surface area contributed by atoms with Crippen LogP contribution >= 0.6 is 0 Å². The lowest BCUT2D eigenvalue weighted by atomic mass is 10.2. The lowest BCUT2D eigenvalue weighted by Gasteiger charge is -2.20. The van der Waals surface area contributed by atoms with Crippen LogP contribution in [0.15, 0.2) is 12.1 Å². The Morgan fingerprint density at radius 3 is 2.05 bits per heavy atom.